The van der Waals surface area contributed by atoms with Gasteiger partial charge in [0.1, 0.15) is 0 Å². The maximum atomic E-state index is 5.83. The van der Waals surface area contributed by atoms with Gasteiger partial charge in [-0.2, -0.15) is 0 Å². The Bertz CT molecular complexity index is 294. The van der Waals surface area contributed by atoms with E-state index >= 15 is 0 Å². The Morgan fingerprint density at radius 3 is 2.71 bits per heavy atom. The molecule has 0 aliphatic rings. The molecule has 78 valence electrons. The van der Waals surface area contributed by atoms with Gasteiger partial charge in [-0.25, -0.2) is 0 Å². The molecule has 0 aliphatic carbocycles. The predicted octanol–water partition coefficient (Wildman–Crippen LogP) is 2.47. The van der Waals surface area contributed by atoms with E-state index in [0.717, 1.165) is 24.2 Å². The van der Waals surface area contributed by atoms with Crippen LogP contribution in [0.25, 0.3) is 0 Å². The van der Waals surface area contributed by atoms with Crippen LogP contribution in [0.3, 0.4) is 0 Å². The van der Waals surface area contributed by atoms with Crippen molar-refractivity contribution in [1.29, 1.82) is 0 Å². The van der Waals surface area contributed by atoms with Crippen LogP contribution in [0.15, 0.2) is 18.2 Å². The maximum Gasteiger partial charge on any atom is 0.0346 e. The monoisotopic (exact) mass is 192 g/mol. The van der Waals surface area contributed by atoms with Gasteiger partial charge in [-0.1, -0.05) is 19.1 Å². The molecule has 0 aromatic heterocycles. The van der Waals surface area contributed by atoms with Crippen molar-refractivity contribution in [2.24, 2.45) is 0 Å². The average Bonchev–Trinajstić information content (AvgIpc) is 2.19. The lowest BCUT2D eigenvalue weighted by molar-refractivity contribution is 0.534. The number of aryl methyl sites for hydroxylation is 1. The average molecular weight is 192 g/mol. The first-order chi connectivity index (χ1) is 6.63. The van der Waals surface area contributed by atoms with Gasteiger partial charge in [0.2, 0.25) is 0 Å². The van der Waals surface area contributed by atoms with E-state index in [0.29, 0.717) is 6.04 Å². The van der Waals surface area contributed by atoms with Gasteiger partial charge in [0.15, 0.2) is 0 Å². The van der Waals surface area contributed by atoms with Crippen molar-refractivity contribution < 1.29 is 0 Å². The van der Waals surface area contributed by atoms with Crippen LogP contribution in [-0.4, -0.2) is 6.04 Å². The summed E-state index contributed by atoms with van der Waals surface area (Å²) in [6.07, 6.45) is 1.15. The summed E-state index contributed by atoms with van der Waals surface area (Å²) in [5.41, 5.74) is 9.12. The van der Waals surface area contributed by atoms with E-state index in [-0.39, 0.29) is 0 Å². The first-order valence-electron chi connectivity index (χ1n) is 5.22. The fourth-order valence-corrected chi connectivity index (χ4v) is 1.24. The molecule has 0 amide bonds. The van der Waals surface area contributed by atoms with Crippen molar-refractivity contribution in [3.8, 4) is 0 Å². The van der Waals surface area contributed by atoms with E-state index < -0.39 is 0 Å². The maximum absolute atomic E-state index is 5.83. The minimum atomic E-state index is 0.567. The fraction of sp³-hybridized carbons (Fsp3) is 0.500. The second kappa shape index (κ2) is 5.01. The number of rotatable bonds is 4. The predicted molar refractivity (Wildman–Crippen MR) is 62.2 cm³/mol. The largest absolute Gasteiger partial charge is 0.399 e. The number of hydrogen-bond acceptors (Lipinski definition) is 2. The van der Waals surface area contributed by atoms with Gasteiger partial charge in [0.25, 0.3) is 0 Å². The molecule has 2 nitrogen and oxygen atoms in total. The summed E-state index contributed by atoms with van der Waals surface area (Å²) < 4.78 is 0. The van der Waals surface area contributed by atoms with Crippen LogP contribution in [0, 0.1) is 6.92 Å². The molecule has 1 unspecified atom stereocenters. The molecule has 1 atom stereocenters. The summed E-state index contributed by atoms with van der Waals surface area (Å²) in [6, 6.07) is 6.81. The van der Waals surface area contributed by atoms with Crippen LogP contribution in [0.2, 0.25) is 0 Å². The Morgan fingerprint density at radius 1 is 1.43 bits per heavy atom. The molecule has 0 spiro atoms. The van der Waals surface area contributed by atoms with Crippen LogP contribution in [0.1, 0.15) is 31.4 Å². The number of hydrogen-bond donors (Lipinski definition) is 2. The topological polar surface area (TPSA) is 38.0 Å². The van der Waals surface area contributed by atoms with Crippen molar-refractivity contribution in [1.82, 2.24) is 5.32 Å². The molecule has 0 radical (unpaired) electrons. The Hall–Kier alpha value is -1.02. The minimum absolute atomic E-state index is 0.567. The quantitative estimate of drug-likeness (QED) is 0.719. The summed E-state index contributed by atoms with van der Waals surface area (Å²) in [6.45, 7) is 7.30. The van der Waals surface area contributed by atoms with E-state index in [4.69, 9.17) is 5.73 Å². The molecule has 1 aromatic carbocycles. The van der Waals surface area contributed by atoms with Gasteiger partial charge in [0.05, 0.1) is 0 Å². The molecular weight excluding hydrogens is 172 g/mol. The number of nitrogens with two attached hydrogens (primary N) is 1. The summed E-state index contributed by atoms with van der Waals surface area (Å²) in [4.78, 5) is 0. The van der Waals surface area contributed by atoms with Crippen LogP contribution >= 0.6 is 0 Å². The van der Waals surface area contributed by atoms with Gasteiger partial charge < -0.3 is 11.1 Å². The molecule has 0 saturated carbocycles. The molecule has 0 saturated heterocycles. The zero-order chi connectivity index (χ0) is 10.6. The summed E-state index contributed by atoms with van der Waals surface area (Å²) in [5, 5.41) is 3.44. The van der Waals surface area contributed by atoms with Gasteiger partial charge in [0, 0.05) is 18.3 Å². The Kier molecular flexibility index (Phi) is 3.96. The second-order valence-electron chi connectivity index (χ2n) is 3.88. The van der Waals surface area contributed by atoms with Crippen molar-refractivity contribution in [3.63, 3.8) is 0 Å². The zero-order valence-electron chi connectivity index (χ0n) is 9.30. The van der Waals surface area contributed by atoms with Crippen LogP contribution in [0.4, 0.5) is 5.69 Å². The van der Waals surface area contributed by atoms with Crippen molar-refractivity contribution in [2.75, 3.05) is 5.73 Å². The molecule has 1 rings (SSSR count). The number of benzene rings is 1. The summed E-state index contributed by atoms with van der Waals surface area (Å²) in [7, 11) is 0. The lowest BCUT2D eigenvalue weighted by atomic mass is 10.1. The smallest absolute Gasteiger partial charge is 0.0346 e. The second-order valence-corrected chi connectivity index (χ2v) is 3.88. The van der Waals surface area contributed by atoms with E-state index in [9.17, 15) is 0 Å². The van der Waals surface area contributed by atoms with Crippen LogP contribution < -0.4 is 11.1 Å². The Morgan fingerprint density at radius 2 is 2.14 bits per heavy atom. The fourth-order valence-electron chi connectivity index (χ4n) is 1.24. The van der Waals surface area contributed by atoms with Gasteiger partial charge in [-0.15, -0.1) is 0 Å². The number of nitrogen functional groups attached to an aromatic ring is 1. The highest BCUT2D eigenvalue weighted by atomic mass is 14.9. The van der Waals surface area contributed by atoms with Gasteiger partial charge in [-0.05, 0) is 37.5 Å². The third-order valence-corrected chi connectivity index (χ3v) is 2.61. The van der Waals surface area contributed by atoms with Crippen molar-refractivity contribution >= 4 is 5.69 Å². The number of nitrogens with one attached hydrogen (secondary N) is 1. The van der Waals surface area contributed by atoms with E-state index in [1.54, 1.807) is 0 Å². The molecular formula is C12H20N2. The van der Waals surface area contributed by atoms with E-state index in [1.165, 1.54) is 5.56 Å². The highest BCUT2D eigenvalue weighted by molar-refractivity contribution is 5.48. The molecule has 0 heterocycles. The van der Waals surface area contributed by atoms with Gasteiger partial charge in [-0.3, -0.25) is 0 Å². The highest BCUT2D eigenvalue weighted by Crippen LogP contribution is 2.12. The van der Waals surface area contributed by atoms with Gasteiger partial charge >= 0.3 is 0 Å². The third-order valence-electron chi connectivity index (χ3n) is 2.61. The van der Waals surface area contributed by atoms with Crippen molar-refractivity contribution in [3.05, 3.63) is 29.3 Å². The SMILES string of the molecule is CCC(C)NCc1ccc(C)c(N)c1. The number of anilines is 1. The summed E-state index contributed by atoms with van der Waals surface area (Å²) in [5.74, 6) is 0. The molecule has 0 fully saturated rings. The first-order valence-corrected chi connectivity index (χ1v) is 5.22. The molecule has 0 bridgehead atoms. The highest BCUT2D eigenvalue weighted by Gasteiger charge is 1.99. The normalized spacial score (nSPS) is 12.8. The molecule has 14 heavy (non-hydrogen) atoms. The van der Waals surface area contributed by atoms with Crippen LogP contribution in [-0.2, 0) is 6.54 Å². The standard InChI is InChI=1S/C12H20N2/c1-4-10(3)14-8-11-6-5-9(2)12(13)7-11/h5-7,10,14H,4,8,13H2,1-3H3. The third kappa shape index (κ3) is 3.04. The minimum Gasteiger partial charge on any atom is -0.399 e. The Balaban J connectivity index is 2.55. The molecule has 2 heteroatoms. The van der Waals surface area contributed by atoms with E-state index in [1.807, 2.05) is 13.0 Å². The van der Waals surface area contributed by atoms with Crippen molar-refractivity contribution in [2.45, 2.75) is 39.8 Å². The zero-order valence-corrected chi connectivity index (χ0v) is 9.30. The lowest BCUT2D eigenvalue weighted by Crippen LogP contribution is -2.24. The Labute approximate surface area is 86.5 Å². The lowest BCUT2D eigenvalue weighted by Gasteiger charge is -2.11. The van der Waals surface area contributed by atoms with Crippen LogP contribution in [0.5, 0.6) is 0 Å². The molecule has 0 aliphatic heterocycles. The molecule has 1 aromatic rings. The first kappa shape index (κ1) is 11.1. The summed E-state index contributed by atoms with van der Waals surface area (Å²) >= 11 is 0. The molecule has 3 N–H and O–H groups in total. The van der Waals surface area contributed by atoms with E-state index in [2.05, 4.69) is 31.3 Å².